The van der Waals surface area contributed by atoms with E-state index in [1.807, 2.05) is 30.3 Å². The number of aromatic nitrogens is 1. The number of oxazole rings is 1. The highest BCUT2D eigenvalue weighted by molar-refractivity contribution is 5.70. The smallest absolute Gasteiger partial charge is 0.235 e. The van der Waals surface area contributed by atoms with Gasteiger partial charge < -0.3 is 14.1 Å². The van der Waals surface area contributed by atoms with Crippen LogP contribution >= 0.6 is 0 Å². The summed E-state index contributed by atoms with van der Waals surface area (Å²) < 4.78 is 11.2. The Balaban J connectivity index is 1.82. The molecule has 0 spiro atoms. The molecule has 0 radical (unpaired) electrons. The molecule has 2 heterocycles. The van der Waals surface area contributed by atoms with Crippen LogP contribution in [0.3, 0.4) is 0 Å². The van der Waals surface area contributed by atoms with Gasteiger partial charge in [0.15, 0.2) is 0 Å². The molecule has 0 saturated carbocycles. The molecule has 1 saturated heterocycles. The number of hydrogen-bond donors (Lipinski definition) is 0. The van der Waals surface area contributed by atoms with Crippen molar-refractivity contribution in [2.24, 2.45) is 5.92 Å². The SMILES string of the molecule is COc1ccccc1C=Cc1nc(C#N)c(N2CCC(C)CC2)o1. The number of ether oxygens (including phenoxy) is 1. The minimum Gasteiger partial charge on any atom is -0.496 e. The van der Waals surface area contributed by atoms with Gasteiger partial charge in [-0.3, -0.25) is 0 Å². The Morgan fingerprint density at radius 3 is 2.75 bits per heavy atom. The van der Waals surface area contributed by atoms with Gasteiger partial charge in [0.05, 0.1) is 7.11 Å². The number of nitrogens with zero attached hydrogens (tertiary/aromatic N) is 3. The van der Waals surface area contributed by atoms with E-state index >= 15 is 0 Å². The summed E-state index contributed by atoms with van der Waals surface area (Å²) in [6.45, 7) is 4.06. The zero-order chi connectivity index (χ0) is 16.9. The summed E-state index contributed by atoms with van der Waals surface area (Å²) in [5.41, 5.74) is 1.29. The second kappa shape index (κ2) is 7.22. The fraction of sp³-hybridized carbons (Fsp3) is 0.368. The van der Waals surface area contributed by atoms with E-state index < -0.39 is 0 Å². The molecule has 124 valence electrons. The standard InChI is InChI=1S/C19H21N3O2/c1-14-9-11-22(12-10-14)19-16(13-20)21-18(24-19)8-7-15-5-3-4-6-17(15)23-2/h3-8,14H,9-12H2,1-2H3. The summed E-state index contributed by atoms with van der Waals surface area (Å²) in [6.07, 6.45) is 5.87. The van der Waals surface area contributed by atoms with Crippen molar-refractivity contribution in [3.63, 3.8) is 0 Å². The van der Waals surface area contributed by atoms with Gasteiger partial charge in [0.25, 0.3) is 0 Å². The van der Waals surface area contributed by atoms with Crippen molar-refractivity contribution in [1.82, 2.24) is 4.98 Å². The Morgan fingerprint density at radius 1 is 1.29 bits per heavy atom. The van der Waals surface area contributed by atoms with Crippen molar-refractivity contribution in [1.29, 1.82) is 5.26 Å². The lowest BCUT2D eigenvalue weighted by Gasteiger charge is -2.29. The predicted molar refractivity (Wildman–Crippen MR) is 93.8 cm³/mol. The molecule has 0 unspecified atom stereocenters. The van der Waals surface area contributed by atoms with Gasteiger partial charge in [0, 0.05) is 24.7 Å². The minimum atomic E-state index is 0.351. The predicted octanol–water partition coefficient (Wildman–Crippen LogP) is 3.96. The Hall–Kier alpha value is -2.74. The second-order valence-corrected chi connectivity index (χ2v) is 6.06. The molecule has 0 amide bonds. The number of piperidine rings is 1. The highest BCUT2D eigenvalue weighted by atomic mass is 16.5. The van der Waals surface area contributed by atoms with Crippen molar-refractivity contribution in [3.05, 3.63) is 41.4 Å². The van der Waals surface area contributed by atoms with Gasteiger partial charge in [0.2, 0.25) is 17.5 Å². The zero-order valence-electron chi connectivity index (χ0n) is 14.0. The van der Waals surface area contributed by atoms with Crippen molar-refractivity contribution in [3.8, 4) is 11.8 Å². The molecule has 5 heteroatoms. The van der Waals surface area contributed by atoms with Crippen LogP contribution in [0.1, 0.15) is 36.9 Å². The van der Waals surface area contributed by atoms with Crippen LogP contribution < -0.4 is 9.64 Å². The molecular weight excluding hydrogens is 302 g/mol. The quantitative estimate of drug-likeness (QED) is 0.852. The number of methoxy groups -OCH3 is 1. The van der Waals surface area contributed by atoms with Crippen LogP contribution in [0.15, 0.2) is 28.7 Å². The second-order valence-electron chi connectivity index (χ2n) is 6.06. The van der Waals surface area contributed by atoms with Gasteiger partial charge in [-0.1, -0.05) is 25.1 Å². The lowest BCUT2D eigenvalue weighted by Crippen LogP contribution is -2.32. The lowest BCUT2D eigenvalue weighted by molar-refractivity contribution is 0.414. The summed E-state index contributed by atoms with van der Waals surface area (Å²) in [4.78, 5) is 6.41. The van der Waals surface area contributed by atoms with E-state index in [1.165, 1.54) is 0 Å². The number of anilines is 1. The van der Waals surface area contributed by atoms with Crippen molar-refractivity contribution >= 4 is 18.0 Å². The van der Waals surface area contributed by atoms with Crippen LogP contribution in [-0.4, -0.2) is 25.2 Å². The third kappa shape index (κ3) is 3.43. The molecular formula is C19H21N3O2. The summed E-state index contributed by atoms with van der Waals surface area (Å²) >= 11 is 0. The summed E-state index contributed by atoms with van der Waals surface area (Å²) in [7, 11) is 1.64. The van der Waals surface area contributed by atoms with Crippen LogP contribution in [0.25, 0.3) is 12.2 Å². The van der Waals surface area contributed by atoms with Crippen molar-refractivity contribution in [2.45, 2.75) is 19.8 Å². The molecule has 0 atom stereocenters. The molecule has 2 aromatic rings. The monoisotopic (exact) mass is 323 g/mol. The number of benzene rings is 1. The first-order valence-electron chi connectivity index (χ1n) is 8.18. The van der Waals surface area contributed by atoms with Gasteiger partial charge in [0.1, 0.15) is 11.8 Å². The van der Waals surface area contributed by atoms with Crippen LogP contribution in [0, 0.1) is 17.2 Å². The van der Waals surface area contributed by atoms with Crippen LogP contribution in [0.5, 0.6) is 5.75 Å². The third-order valence-electron chi connectivity index (χ3n) is 4.35. The van der Waals surface area contributed by atoms with Crippen LogP contribution in [-0.2, 0) is 0 Å². The average molecular weight is 323 g/mol. The van der Waals surface area contributed by atoms with E-state index in [9.17, 15) is 5.26 Å². The van der Waals surface area contributed by atoms with E-state index in [-0.39, 0.29) is 0 Å². The molecule has 1 aromatic heterocycles. The molecule has 1 aliphatic heterocycles. The molecule has 1 fully saturated rings. The summed E-state index contributed by atoms with van der Waals surface area (Å²) in [5.74, 6) is 2.53. The van der Waals surface area contributed by atoms with E-state index in [1.54, 1.807) is 13.2 Å². The topological polar surface area (TPSA) is 62.3 Å². The number of nitriles is 1. The first-order chi connectivity index (χ1) is 11.7. The molecule has 0 bridgehead atoms. The largest absolute Gasteiger partial charge is 0.496 e. The van der Waals surface area contributed by atoms with E-state index in [2.05, 4.69) is 22.9 Å². The maximum atomic E-state index is 9.34. The van der Waals surface area contributed by atoms with Crippen molar-refractivity contribution in [2.75, 3.05) is 25.1 Å². The molecule has 0 N–H and O–H groups in total. The number of para-hydroxylation sites is 1. The van der Waals surface area contributed by atoms with E-state index in [4.69, 9.17) is 9.15 Å². The van der Waals surface area contributed by atoms with Crippen LogP contribution in [0.4, 0.5) is 5.88 Å². The number of rotatable bonds is 4. The first-order valence-corrected chi connectivity index (χ1v) is 8.18. The first kappa shape index (κ1) is 16.1. The molecule has 1 aliphatic rings. The summed E-state index contributed by atoms with van der Waals surface area (Å²) in [6, 6.07) is 9.86. The van der Waals surface area contributed by atoms with E-state index in [0.29, 0.717) is 17.5 Å². The zero-order valence-corrected chi connectivity index (χ0v) is 14.0. The Kier molecular flexibility index (Phi) is 4.85. The molecule has 0 aliphatic carbocycles. The molecule has 5 nitrogen and oxygen atoms in total. The maximum Gasteiger partial charge on any atom is 0.235 e. The highest BCUT2D eigenvalue weighted by Gasteiger charge is 2.23. The lowest BCUT2D eigenvalue weighted by atomic mass is 9.99. The minimum absolute atomic E-state index is 0.351. The Labute approximate surface area is 142 Å². The summed E-state index contributed by atoms with van der Waals surface area (Å²) in [5, 5.41) is 9.34. The maximum absolute atomic E-state index is 9.34. The van der Waals surface area contributed by atoms with Gasteiger partial charge >= 0.3 is 0 Å². The fourth-order valence-corrected chi connectivity index (χ4v) is 2.86. The normalized spacial score (nSPS) is 15.6. The molecule has 3 rings (SSSR count). The van der Waals surface area contributed by atoms with Gasteiger partial charge in [-0.15, -0.1) is 0 Å². The Morgan fingerprint density at radius 2 is 2.04 bits per heavy atom. The Bertz CT molecular complexity index is 765. The van der Waals surface area contributed by atoms with Crippen molar-refractivity contribution < 1.29 is 9.15 Å². The fourth-order valence-electron chi connectivity index (χ4n) is 2.86. The van der Waals surface area contributed by atoms with Gasteiger partial charge in [-0.05, 0) is 30.9 Å². The molecule has 1 aromatic carbocycles. The van der Waals surface area contributed by atoms with Gasteiger partial charge in [-0.25, -0.2) is 0 Å². The van der Waals surface area contributed by atoms with Gasteiger partial charge in [-0.2, -0.15) is 10.2 Å². The highest BCUT2D eigenvalue weighted by Crippen LogP contribution is 2.28. The number of hydrogen-bond acceptors (Lipinski definition) is 5. The van der Waals surface area contributed by atoms with Crippen LogP contribution in [0.2, 0.25) is 0 Å². The van der Waals surface area contributed by atoms with E-state index in [0.717, 1.165) is 43.2 Å². The molecule has 24 heavy (non-hydrogen) atoms. The average Bonchev–Trinajstić information content (AvgIpc) is 3.04. The third-order valence-corrected chi connectivity index (χ3v) is 4.35.